The number of methoxy groups -OCH3 is 1. The second-order valence-corrected chi connectivity index (χ2v) is 4.39. The van der Waals surface area contributed by atoms with Gasteiger partial charge in [0.15, 0.2) is 0 Å². The molecule has 2 N–H and O–H groups in total. The van der Waals surface area contributed by atoms with E-state index in [1.54, 1.807) is 6.92 Å². The minimum absolute atomic E-state index is 0.0916. The minimum atomic E-state index is -0.347. The van der Waals surface area contributed by atoms with Crippen LogP contribution >= 0.6 is 0 Å². The van der Waals surface area contributed by atoms with Crippen LogP contribution in [-0.4, -0.2) is 36.4 Å². The van der Waals surface area contributed by atoms with Gasteiger partial charge in [0.2, 0.25) is 0 Å². The summed E-state index contributed by atoms with van der Waals surface area (Å²) in [5, 5.41) is 12.6. The maximum atomic E-state index is 11.3. The Morgan fingerprint density at radius 2 is 2.07 bits per heavy atom. The van der Waals surface area contributed by atoms with Gasteiger partial charge in [-0.1, -0.05) is 19.3 Å². The standard InChI is InChI=1S/C11H21NO3/c1-9(10(14)15-2)12-11(8-13)6-4-3-5-7-11/h9,12-13H,3-8H2,1-2H3. The normalized spacial score (nSPS) is 22.1. The van der Waals surface area contributed by atoms with Crippen LogP contribution in [0.25, 0.3) is 0 Å². The van der Waals surface area contributed by atoms with Gasteiger partial charge in [0.1, 0.15) is 6.04 Å². The third-order valence-corrected chi connectivity index (χ3v) is 3.19. The number of esters is 1. The number of ether oxygens (including phenoxy) is 1. The van der Waals surface area contributed by atoms with E-state index in [4.69, 9.17) is 0 Å². The van der Waals surface area contributed by atoms with Gasteiger partial charge in [-0.3, -0.25) is 10.1 Å². The van der Waals surface area contributed by atoms with E-state index in [0.717, 1.165) is 25.7 Å². The minimum Gasteiger partial charge on any atom is -0.468 e. The molecule has 0 aromatic heterocycles. The second-order valence-electron chi connectivity index (χ2n) is 4.39. The molecule has 1 rings (SSSR count). The zero-order valence-corrected chi connectivity index (χ0v) is 9.58. The molecule has 1 atom stereocenters. The van der Waals surface area contributed by atoms with Gasteiger partial charge < -0.3 is 9.84 Å². The Morgan fingerprint density at radius 1 is 1.47 bits per heavy atom. The van der Waals surface area contributed by atoms with Crippen molar-refractivity contribution in [2.45, 2.75) is 50.6 Å². The lowest BCUT2D eigenvalue weighted by molar-refractivity contribution is -0.143. The van der Waals surface area contributed by atoms with Gasteiger partial charge in [-0.05, 0) is 19.8 Å². The SMILES string of the molecule is COC(=O)C(C)NC1(CO)CCCCC1. The maximum Gasteiger partial charge on any atom is 0.322 e. The molecular formula is C11H21NO3. The maximum absolute atomic E-state index is 11.3. The van der Waals surface area contributed by atoms with Crippen molar-refractivity contribution < 1.29 is 14.6 Å². The molecule has 1 unspecified atom stereocenters. The van der Waals surface area contributed by atoms with E-state index in [1.807, 2.05) is 0 Å². The van der Waals surface area contributed by atoms with Crippen molar-refractivity contribution in [2.24, 2.45) is 0 Å². The topological polar surface area (TPSA) is 58.6 Å². The van der Waals surface area contributed by atoms with E-state index in [-0.39, 0.29) is 24.2 Å². The molecule has 1 fully saturated rings. The lowest BCUT2D eigenvalue weighted by Crippen LogP contribution is -2.55. The summed E-state index contributed by atoms with van der Waals surface area (Å²) in [5.74, 6) is -0.270. The monoisotopic (exact) mass is 215 g/mol. The fourth-order valence-corrected chi connectivity index (χ4v) is 2.27. The van der Waals surface area contributed by atoms with Gasteiger partial charge in [-0.25, -0.2) is 0 Å². The van der Waals surface area contributed by atoms with Crippen molar-refractivity contribution in [3.63, 3.8) is 0 Å². The van der Waals surface area contributed by atoms with Crippen molar-refractivity contribution in [3.8, 4) is 0 Å². The summed E-state index contributed by atoms with van der Waals surface area (Å²) in [7, 11) is 1.38. The number of carbonyl (C=O) groups is 1. The largest absolute Gasteiger partial charge is 0.468 e. The Morgan fingerprint density at radius 3 is 2.53 bits per heavy atom. The summed E-state index contributed by atoms with van der Waals surface area (Å²) in [4.78, 5) is 11.3. The van der Waals surface area contributed by atoms with Crippen LogP contribution in [0.15, 0.2) is 0 Å². The van der Waals surface area contributed by atoms with E-state index in [2.05, 4.69) is 10.1 Å². The first-order chi connectivity index (χ1) is 7.13. The van der Waals surface area contributed by atoms with E-state index < -0.39 is 0 Å². The first-order valence-electron chi connectivity index (χ1n) is 5.60. The summed E-state index contributed by atoms with van der Waals surface area (Å²) in [5.41, 5.74) is -0.272. The van der Waals surface area contributed by atoms with E-state index in [9.17, 15) is 9.90 Å². The zero-order chi connectivity index (χ0) is 11.3. The van der Waals surface area contributed by atoms with Crippen molar-refractivity contribution in [2.75, 3.05) is 13.7 Å². The Bertz CT molecular complexity index is 212. The number of carbonyl (C=O) groups excluding carboxylic acids is 1. The Kier molecular flexibility index (Phi) is 4.54. The molecule has 1 aliphatic carbocycles. The van der Waals surface area contributed by atoms with Crippen molar-refractivity contribution >= 4 is 5.97 Å². The molecule has 0 heterocycles. The molecule has 15 heavy (non-hydrogen) atoms. The molecule has 0 aromatic rings. The number of nitrogens with one attached hydrogen (secondary N) is 1. The predicted molar refractivity (Wildman–Crippen MR) is 57.5 cm³/mol. The Balaban J connectivity index is 2.54. The lowest BCUT2D eigenvalue weighted by atomic mass is 9.82. The van der Waals surface area contributed by atoms with Gasteiger partial charge in [0.05, 0.1) is 13.7 Å². The highest BCUT2D eigenvalue weighted by Gasteiger charge is 2.34. The second kappa shape index (κ2) is 5.47. The van der Waals surface area contributed by atoms with Gasteiger partial charge in [-0.2, -0.15) is 0 Å². The highest BCUT2D eigenvalue weighted by atomic mass is 16.5. The van der Waals surface area contributed by atoms with Crippen LogP contribution in [-0.2, 0) is 9.53 Å². The van der Waals surface area contributed by atoms with E-state index in [1.165, 1.54) is 13.5 Å². The van der Waals surface area contributed by atoms with Gasteiger partial charge in [0.25, 0.3) is 0 Å². The first kappa shape index (κ1) is 12.5. The molecule has 0 spiro atoms. The van der Waals surface area contributed by atoms with Crippen molar-refractivity contribution in [1.82, 2.24) is 5.32 Å². The van der Waals surface area contributed by atoms with Gasteiger partial charge >= 0.3 is 5.97 Å². The van der Waals surface area contributed by atoms with Gasteiger partial charge in [0, 0.05) is 5.54 Å². The molecule has 1 aliphatic rings. The molecule has 0 radical (unpaired) electrons. The van der Waals surface area contributed by atoms with E-state index >= 15 is 0 Å². The molecule has 88 valence electrons. The quantitative estimate of drug-likeness (QED) is 0.682. The molecule has 0 bridgehead atoms. The number of aliphatic hydroxyl groups excluding tert-OH is 1. The predicted octanol–water partition coefficient (Wildman–Crippen LogP) is 0.833. The highest BCUT2D eigenvalue weighted by molar-refractivity contribution is 5.75. The van der Waals surface area contributed by atoms with Crippen LogP contribution in [0.3, 0.4) is 0 Å². The molecule has 1 saturated carbocycles. The third kappa shape index (κ3) is 3.18. The first-order valence-corrected chi connectivity index (χ1v) is 5.60. The third-order valence-electron chi connectivity index (χ3n) is 3.19. The smallest absolute Gasteiger partial charge is 0.322 e. The summed E-state index contributed by atoms with van der Waals surface area (Å²) >= 11 is 0. The van der Waals surface area contributed by atoms with Crippen LogP contribution in [0, 0.1) is 0 Å². The molecule has 0 aliphatic heterocycles. The van der Waals surface area contributed by atoms with Crippen molar-refractivity contribution in [1.29, 1.82) is 0 Å². The molecule has 0 amide bonds. The van der Waals surface area contributed by atoms with E-state index in [0.29, 0.717) is 0 Å². The summed E-state index contributed by atoms with van der Waals surface area (Å²) in [6, 6.07) is -0.347. The number of hydrogen-bond acceptors (Lipinski definition) is 4. The average Bonchev–Trinajstić information content (AvgIpc) is 2.29. The van der Waals surface area contributed by atoms with Crippen molar-refractivity contribution in [3.05, 3.63) is 0 Å². The van der Waals surface area contributed by atoms with Crippen LogP contribution in [0.1, 0.15) is 39.0 Å². The fraction of sp³-hybridized carbons (Fsp3) is 0.909. The van der Waals surface area contributed by atoms with Gasteiger partial charge in [-0.15, -0.1) is 0 Å². The summed E-state index contributed by atoms with van der Waals surface area (Å²) in [6.45, 7) is 1.87. The number of hydrogen-bond donors (Lipinski definition) is 2. The highest BCUT2D eigenvalue weighted by Crippen LogP contribution is 2.28. The van der Waals surface area contributed by atoms with Crippen LogP contribution < -0.4 is 5.32 Å². The number of rotatable bonds is 4. The van der Waals surface area contributed by atoms with Crippen LogP contribution in [0.4, 0.5) is 0 Å². The Labute approximate surface area is 91.0 Å². The summed E-state index contributed by atoms with van der Waals surface area (Å²) < 4.78 is 4.66. The molecule has 4 nitrogen and oxygen atoms in total. The molecule has 0 aromatic carbocycles. The molecular weight excluding hydrogens is 194 g/mol. The average molecular weight is 215 g/mol. The molecule has 0 saturated heterocycles. The fourth-order valence-electron chi connectivity index (χ4n) is 2.27. The number of aliphatic hydroxyl groups is 1. The summed E-state index contributed by atoms with van der Waals surface area (Å²) in [6.07, 6.45) is 5.31. The lowest BCUT2D eigenvalue weighted by Gasteiger charge is -2.38. The Hall–Kier alpha value is -0.610. The van der Waals surface area contributed by atoms with Crippen LogP contribution in [0.2, 0.25) is 0 Å². The van der Waals surface area contributed by atoms with Crippen LogP contribution in [0.5, 0.6) is 0 Å². The molecule has 4 heteroatoms. The zero-order valence-electron chi connectivity index (χ0n) is 9.58.